The molecule has 0 rings (SSSR count). The molecule has 0 aromatic carbocycles. The Hall–Kier alpha value is -1.76. The smallest absolute Gasteiger partial charge is 0.408 e. The first-order valence-corrected chi connectivity index (χ1v) is 8.87. The van der Waals surface area contributed by atoms with Crippen LogP contribution in [0.5, 0.6) is 0 Å². The third-order valence-corrected chi connectivity index (χ3v) is 2.88. The van der Waals surface area contributed by atoms with Crippen LogP contribution in [0.4, 0.5) is 4.79 Å². The van der Waals surface area contributed by atoms with Crippen LogP contribution in [0.25, 0.3) is 0 Å². The van der Waals surface area contributed by atoms with Crippen LogP contribution >= 0.6 is 11.6 Å². The average molecular weight is 392 g/mol. The third kappa shape index (κ3) is 12.6. The average Bonchev–Trinajstić information content (AvgIpc) is 2.40. The molecule has 8 heteroatoms. The van der Waals surface area contributed by atoms with Crippen molar-refractivity contribution in [3.8, 4) is 0 Å². The lowest BCUT2D eigenvalue weighted by Gasteiger charge is -2.23. The maximum Gasteiger partial charge on any atom is 0.408 e. The van der Waals surface area contributed by atoms with E-state index in [4.69, 9.17) is 25.8 Å². The van der Waals surface area contributed by atoms with Gasteiger partial charge in [0.05, 0.1) is 12.6 Å². The monoisotopic (exact) mass is 391 g/mol. The van der Waals surface area contributed by atoms with Gasteiger partial charge in [-0.25, -0.2) is 9.59 Å². The minimum atomic E-state index is -0.706. The zero-order valence-corrected chi connectivity index (χ0v) is 17.4. The molecule has 150 valence electrons. The molecule has 0 heterocycles. The Morgan fingerprint density at radius 3 is 2.04 bits per heavy atom. The summed E-state index contributed by atoms with van der Waals surface area (Å²) in [6.07, 6.45) is 0.857. The van der Waals surface area contributed by atoms with E-state index in [9.17, 15) is 14.4 Å². The molecule has 0 aliphatic rings. The lowest BCUT2D eigenvalue weighted by atomic mass is 10.1. The summed E-state index contributed by atoms with van der Waals surface area (Å²) in [5, 5.41) is 2.40. The van der Waals surface area contributed by atoms with Gasteiger partial charge >= 0.3 is 18.0 Å². The molecule has 0 aromatic heterocycles. The second-order valence-electron chi connectivity index (χ2n) is 7.61. The van der Waals surface area contributed by atoms with Crippen molar-refractivity contribution in [2.45, 2.75) is 78.6 Å². The van der Waals surface area contributed by atoms with Gasteiger partial charge in [-0.1, -0.05) is 11.6 Å². The Bertz CT molecular complexity index is 531. The van der Waals surface area contributed by atoms with Crippen LogP contribution in [0.15, 0.2) is 11.1 Å². The molecule has 0 aliphatic carbocycles. The topological polar surface area (TPSA) is 90.9 Å². The summed E-state index contributed by atoms with van der Waals surface area (Å²) in [4.78, 5) is 35.5. The van der Waals surface area contributed by atoms with E-state index in [0.29, 0.717) is 0 Å². The van der Waals surface area contributed by atoms with E-state index in [0.717, 1.165) is 0 Å². The number of amides is 1. The van der Waals surface area contributed by atoms with Gasteiger partial charge in [-0.2, -0.15) is 0 Å². The van der Waals surface area contributed by atoms with Crippen LogP contribution in [0.3, 0.4) is 0 Å². The number of halogens is 1. The molecule has 1 N–H and O–H groups in total. The minimum Gasteiger partial charge on any atom is -0.462 e. The maximum atomic E-state index is 12.0. The molecule has 0 radical (unpaired) electrons. The molecule has 0 spiro atoms. The van der Waals surface area contributed by atoms with Crippen molar-refractivity contribution in [3.63, 3.8) is 0 Å². The van der Waals surface area contributed by atoms with E-state index < -0.39 is 35.3 Å². The van der Waals surface area contributed by atoms with E-state index in [2.05, 4.69) is 5.32 Å². The number of rotatable bonds is 7. The minimum absolute atomic E-state index is 0.0290. The third-order valence-electron chi connectivity index (χ3n) is 2.60. The summed E-state index contributed by atoms with van der Waals surface area (Å²) in [7, 11) is 0. The Labute approximate surface area is 160 Å². The van der Waals surface area contributed by atoms with E-state index in [-0.39, 0.29) is 24.5 Å². The molecule has 0 saturated carbocycles. The van der Waals surface area contributed by atoms with Crippen molar-refractivity contribution >= 4 is 29.6 Å². The van der Waals surface area contributed by atoms with Gasteiger partial charge < -0.3 is 19.5 Å². The van der Waals surface area contributed by atoms with Crippen LogP contribution < -0.4 is 5.32 Å². The Kier molecular flexibility index (Phi) is 9.70. The fourth-order valence-electron chi connectivity index (χ4n) is 1.77. The van der Waals surface area contributed by atoms with Crippen molar-refractivity contribution in [1.29, 1.82) is 0 Å². The first kappa shape index (κ1) is 24.2. The predicted octanol–water partition coefficient (Wildman–Crippen LogP) is 3.69. The standard InChI is InChI=1S/C18H30ClNO6/c1-8-24-15(22)13(19)11-12(20-16(23)26-18(5,6)7)9-10-14(21)25-17(2,3)4/h11-12H,8-10H2,1-7H3,(H,20,23)/b13-11-/t12-/m0/s1. The second-order valence-corrected chi connectivity index (χ2v) is 8.02. The van der Waals surface area contributed by atoms with Crippen LogP contribution in [0.1, 0.15) is 61.3 Å². The number of alkyl carbamates (subject to hydrolysis) is 1. The molecule has 1 atom stereocenters. The van der Waals surface area contributed by atoms with Gasteiger partial charge in [0.15, 0.2) is 0 Å². The molecule has 1 amide bonds. The molecular formula is C18H30ClNO6. The summed E-state index contributed by atoms with van der Waals surface area (Å²) in [5.41, 5.74) is -1.29. The zero-order valence-electron chi connectivity index (χ0n) is 16.6. The number of carbonyl (C=O) groups is 3. The normalized spacial score (nSPS) is 13.6. The van der Waals surface area contributed by atoms with Gasteiger partial charge in [0.1, 0.15) is 16.2 Å². The molecule has 0 unspecified atom stereocenters. The summed E-state index contributed by atoms with van der Waals surface area (Å²) < 4.78 is 15.2. The largest absolute Gasteiger partial charge is 0.462 e. The molecule has 0 aliphatic heterocycles. The summed E-state index contributed by atoms with van der Waals surface area (Å²) in [5.74, 6) is -1.13. The summed E-state index contributed by atoms with van der Waals surface area (Å²) >= 11 is 5.92. The number of esters is 2. The quantitative estimate of drug-likeness (QED) is 0.404. The fourth-order valence-corrected chi connectivity index (χ4v) is 1.97. The highest BCUT2D eigenvalue weighted by Crippen LogP contribution is 2.14. The molecule has 0 fully saturated rings. The molecule has 0 aromatic rings. The number of hydrogen-bond donors (Lipinski definition) is 1. The Balaban J connectivity index is 5.04. The van der Waals surface area contributed by atoms with Crippen molar-refractivity contribution < 1.29 is 28.6 Å². The van der Waals surface area contributed by atoms with Crippen LogP contribution in [-0.2, 0) is 23.8 Å². The lowest BCUT2D eigenvalue weighted by Crippen LogP contribution is -2.39. The van der Waals surface area contributed by atoms with Crippen LogP contribution in [0, 0.1) is 0 Å². The molecular weight excluding hydrogens is 362 g/mol. The highest BCUT2D eigenvalue weighted by atomic mass is 35.5. The predicted molar refractivity (Wildman–Crippen MR) is 98.8 cm³/mol. The van der Waals surface area contributed by atoms with E-state index in [1.165, 1.54) is 6.08 Å². The van der Waals surface area contributed by atoms with Gasteiger partial charge in [-0.05, 0) is 61.0 Å². The number of hydrogen-bond acceptors (Lipinski definition) is 6. The van der Waals surface area contributed by atoms with E-state index >= 15 is 0 Å². The number of ether oxygens (including phenoxy) is 3. The number of nitrogens with one attached hydrogen (secondary N) is 1. The lowest BCUT2D eigenvalue weighted by molar-refractivity contribution is -0.155. The van der Waals surface area contributed by atoms with Gasteiger partial charge in [0, 0.05) is 6.42 Å². The van der Waals surface area contributed by atoms with Crippen LogP contribution in [0.2, 0.25) is 0 Å². The molecule has 7 nitrogen and oxygen atoms in total. The Morgan fingerprint density at radius 2 is 1.58 bits per heavy atom. The zero-order chi connectivity index (χ0) is 20.5. The van der Waals surface area contributed by atoms with E-state index in [1.807, 2.05) is 0 Å². The summed E-state index contributed by atoms with van der Waals surface area (Å²) in [6, 6.07) is -0.700. The first-order valence-electron chi connectivity index (χ1n) is 8.49. The van der Waals surface area contributed by atoms with Gasteiger partial charge in [-0.15, -0.1) is 0 Å². The van der Waals surface area contributed by atoms with Crippen molar-refractivity contribution in [1.82, 2.24) is 5.32 Å². The summed E-state index contributed by atoms with van der Waals surface area (Å²) in [6.45, 7) is 12.3. The first-order chi connectivity index (χ1) is 11.7. The SMILES string of the molecule is CCOC(=O)/C(Cl)=C/[C@H](CCC(=O)OC(C)(C)C)NC(=O)OC(C)(C)C. The van der Waals surface area contributed by atoms with Crippen LogP contribution in [-0.4, -0.2) is 41.9 Å². The van der Waals surface area contributed by atoms with Gasteiger partial charge in [0.2, 0.25) is 0 Å². The maximum absolute atomic E-state index is 12.0. The highest BCUT2D eigenvalue weighted by Gasteiger charge is 2.22. The van der Waals surface area contributed by atoms with Gasteiger partial charge in [-0.3, -0.25) is 4.79 Å². The van der Waals surface area contributed by atoms with E-state index in [1.54, 1.807) is 48.5 Å². The highest BCUT2D eigenvalue weighted by molar-refractivity contribution is 6.41. The second kappa shape index (κ2) is 10.4. The van der Waals surface area contributed by atoms with Crippen molar-refractivity contribution in [2.24, 2.45) is 0 Å². The molecule has 26 heavy (non-hydrogen) atoms. The molecule has 0 bridgehead atoms. The van der Waals surface area contributed by atoms with Crippen molar-refractivity contribution in [2.75, 3.05) is 6.61 Å². The number of carbonyl (C=O) groups excluding carboxylic acids is 3. The Morgan fingerprint density at radius 1 is 1.04 bits per heavy atom. The van der Waals surface area contributed by atoms with Gasteiger partial charge in [0.25, 0.3) is 0 Å². The van der Waals surface area contributed by atoms with Crippen molar-refractivity contribution in [3.05, 3.63) is 11.1 Å². The molecule has 0 saturated heterocycles. The fraction of sp³-hybridized carbons (Fsp3) is 0.722.